The first-order chi connectivity index (χ1) is 12.2. The van der Waals surface area contributed by atoms with Crippen LogP contribution in [0.2, 0.25) is 0 Å². The van der Waals surface area contributed by atoms with Crippen LogP contribution in [0.3, 0.4) is 0 Å². The lowest BCUT2D eigenvalue weighted by Crippen LogP contribution is -2.14. The van der Waals surface area contributed by atoms with Gasteiger partial charge < -0.3 is 9.47 Å². The molecule has 0 spiro atoms. The van der Waals surface area contributed by atoms with Gasteiger partial charge in [-0.15, -0.1) is 0 Å². The molecule has 0 saturated carbocycles. The molecule has 0 unspecified atom stereocenters. The minimum Gasteiger partial charge on any atom is -0.395 e. The molecule has 0 aromatic heterocycles. The van der Waals surface area contributed by atoms with Gasteiger partial charge in [-0.25, -0.2) is 9.18 Å². The molecule has 4 heteroatoms. The second kappa shape index (κ2) is 6.24. The normalized spacial score (nSPS) is 10.8. The molecule has 3 nitrogen and oxygen atoms in total. The smallest absolute Gasteiger partial charge is 0.395 e. The molecule has 0 bridgehead atoms. The molecular weight excluding hydrogens is 319 g/mol. The van der Waals surface area contributed by atoms with Crippen LogP contribution in [0.15, 0.2) is 78.9 Å². The molecule has 0 aliphatic carbocycles. The first-order valence-corrected chi connectivity index (χ1v) is 7.77. The summed E-state index contributed by atoms with van der Waals surface area (Å²) >= 11 is 0. The quantitative estimate of drug-likeness (QED) is 0.268. The number of halogens is 1. The van der Waals surface area contributed by atoms with E-state index in [1.54, 1.807) is 42.5 Å². The highest BCUT2D eigenvalue weighted by atomic mass is 19.1. The van der Waals surface area contributed by atoms with E-state index in [0.717, 1.165) is 5.39 Å². The van der Waals surface area contributed by atoms with Crippen molar-refractivity contribution in [2.24, 2.45) is 0 Å². The third-order valence-electron chi connectivity index (χ3n) is 3.93. The van der Waals surface area contributed by atoms with Crippen molar-refractivity contribution in [1.82, 2.24) is 0 Å². The number of para-hydroxylation sites is 1. The molecule has 0 radical (unpaired) electrons. The van der Waals surface area contributed by atoms with Crippen LogP contribution in [0.1, 0.15) is 0 Å². The molecule has 0 N–H and O–H groups in total. The van der Waals surface area contributed by atoms with E-state index < -0.39 is 6.16 Å². The third-order valence-corrected chi connectivity index (χ3v) is 3.93. The van der Waals surface area contributed by atoms with Crippen LogP contribution >= 0.6 is 0 Å². The minimum atomic E-state index is -0.867. The highest BCUT2D eigenvalue weighted by molar-refractivity contribution is 6.06. The maximum Gasteiger partial charge on any atom is 0.519 e. The SMILES string of the molecule is O=C(Oc1ccccc1)Oc1c2ccccc2cc2c(F)cccc12. The summed E-state index contributed by atoms with van der Waals surface area (Å²) in [7, 11) is 0. The van der Waals surface area contributed by atoms with E-state index in [9.17, 15) is 9.18 Å². The van der Waals surface area contributed by atoms with E-state index in [4.69, 9.17) is 9.47 Å². The second-order valence-corrected chi connectivity index (χ2v) is 5.53. The van der Waals surface area contributed by atoms with Crippen molar-refractivity contribution in [2.45, 2.75) is 0 Å². The summed E-state index contributed by atoms with van der Waals surface area (Å²) in [5.41, 5.74) is 0. The van der Waals surface area contributed by atoms with E-state index in [1.165, 1.54) is 6.07 Å². The molecule has 4 aromatic carbocycles. The Bertz CT molecular complexity index is 1070. The molecule has 0 heterocycles. The number of hydrogen-bond acceptors (Lipinski definition) is 3. The molecule has 0 fully saturated rings. The Labute approximate surface area is 143 Å². The molecule has 25 heavy (non-hydrogen) atoms. The molecule has 0 atom stereocenters. The van der Waals surface area contributed by atoms with E-state index in [2.05, 4.69) is 0 Å². The lowest BCUT2D eigenvalue weighted by atomic mass is 10.0. The zero-order chi connectivity index (χ0) is 17.2. The number of rotatable bonds is 2. The van der Waals surface area contributed by atoms with Gasteiger partial charge in [0.05, 0.1) is 0 Å². The summed E-state index contributed by atoms with van der Waals surface area (Å²) in [6, 6.07) is 22.4. The summed E-state index contributed by atoms with van der Waals surface area (Å²) in [5, 5.41) is 2.40. The molecule has 4 aromatic rings. The van der Waals surface area contributed by atoms with Crippen molar-refractivity contribution < 1.29 is 18.7 Å². The van der Waals surface area contributed by atoms with Crippen molar-refractivity contribution in [3.8, 4) is 11.5 Å². The van der Waals surface area contributed by atoms with Gasteiger partial charge in [-0.1, -0.05) is 54.6 Å². The van der Waals surface area contributed by atoms with Crippen molar-refractivity contribution >= 4 is 27.7 Å². The van der Waals surface area contributed by atoms with Gasteiger partial charge in [0.1, 0.15) is 17.3 Å². The maximum atomic E-state index is 14.2. The molecule has 4 rings (SSSR count). The number of ether oxygens (including phenoxy) is 2. The summed E-state index contributed by atoms with van der Waals surface area (Å²) in [6.45, 7) is 0. The van der Waals surface area contributed by atoms with Crippen LogP contribution in [0.5, 0.6) is 11.5 Å². The Morgan fingerprint density at radius 2 is 1.44 bits per heavy atom. The fraction of sp³-hybridized carbons (Fsp3) is 0. The van der Waals surface area contributed by atoms with Crippen LogP contribution in [0.4, 0.5) is 9.18 Å². The lowest BCUT2D eigenvalue weighted by molar-refractivity contribution is 0.153. The Morgan fingerprint density at radius 3 is 2.28 bits per heavy atom. The summed E-state index contributed by atoms with van der Waals surface area (Å²) in [4.78, 5) is 12.2. The number of fused-ring (bicyclic) bond motifs is 2. The zero-order valence-corrected chi connectivity index (χ0v) is 13.1. The fourth-order valence-corrected chi connectivity index (χ4v) is 2.81. The average molecular weight is 332 g/mol. The standard InChI is InChI=1S/C21H13FO3/c22-19-12-6-11-17-18(19)13-14-7-4-5-10-16(14)20(17)25-21(23)24-15-8-2-1-3-9-15/h1-13H. The lowest BCUT2D eigenvalue weighted by Gasteiger charge is -2.12. The molecule has 0 amide bonds. The van der Waals surface area contributed by atoms with Crippen LogP contribution in [0.25, 0.3) is 21.5 Å². The highest BCUT2D eigenvalue weighted by Gasteiger charge is 2.16. The number of benzene rings is 4. The predicted molar refractivity (Wildman–Crippen MR) is 94.5 cm³/mol. The highest BCUT2D eigenvalue weighted by Crippen LogP contribution is 2.36. The van der Waals surface area contributed by atoms with Gasteiger partial charge in [0.25, 0.3) is 0 Å². The van der Waals surface area contributed by atoms with Crippen molar-refractivity contribution in [3.63, 3.8) is 0 Å². The van der Waals surface area contributed by atoms with Crippen molar-refractivity contribution in [1.29, 1.82) is 0 Å². The third kappa shape index (κ3) is 2.90. The van der Waals surface area contributed by atoms with Gasteiger partial charge in [0.2, 0.25) is 0 Å². The van der Waals surface area contributed by atoms with Crippen molar-refractivity contribution in [3.05, 3.63) is 84.7 Å². The summed E-state index contributed by atoms with van der Waals surface area (Å²) in [6.07, 6.45) is -0.867. The molecule has 0 saturated heterocycles. The van der Waals surface area contributed by atoms with E-state index >= 15 is 0 Å². The predicted octanol–water partition coefficient (Wildman–Crippen LogP) is 5.71. The van der Waals surface area contributed by atoms with E-state index in [-0.39, 0.29) is 11.6 Å². The van der Waals surface area contributed by atoms with Gasteiger partial charge in [-0.2, -0.15) is 0 Å². The molecule has 0 aliphatic rings. The topological polar surface area (TPSA) is 35.5 Å². The fourth-order valence-electron chi connectivity index (χ4n) is 2.81. The van der Waals surface area contributed by atoms with Crippen LogP contribution < -0.4 is 9.47 Å². The number of hydrogen-bond donors (Lipinski definition) is 0. The van der Waals surface area contributed by atoms with Gasteiger partial charge in [-0.05, 0) is 29.7 Å². The number of carbonyl (C=O) groups excluding carboxylic acids is 1. The molecule has 0 aliphatic heterocycles. The van der Waals surface area contributed by atoms with Crippen LogP contribution in [-0.2, 0) is 0 Å². The Kier molecular flexibility index (Phi) is 3.78. The summed E-state index contributed by atoms with van der Waals surface area (Å²) < 4.78 is 24.9. The van der Waals surface area contributed by atoms with E-state index in [0.29, 0.717) is 21.9 Å². The average Bonchev–Trinajstić information content (AvgIpc) is 2.63. The van der Waals surface area contributed by atoms with Crippen LogP contribution in [-0.4, -0.2) is 6.16 Å². The van der Waals surface area contributed by atoms with Crippen LogP contribution in [0, 0.1) is 5.82 Å². The van der Waals surface area contributed by atoms with Gasteiger partial charge in [0.15, 0.2) is 0 Å². The first-order valence-electron chi connectivity index (χ1n) is 7.77. The first kappa shape index (κ1) is 15.1. The number of carbonyl (C=O) groups is 1. The largest absolute Gasteiger partial charge is 0.519 e. The summed E-state index contributed by atoms with van der Waals surface area (Å²) in [5.74, 6) is 0.293. The Balaban J connectivity index is 1.81. The Hall–Kier alpha value is -3.40. The van der Waals surface area contributed by atoms with Crippen molar-refractivity contribution in [2.75, 3.05) is 0 Å². The van der Waals surface area contributed by atoms with Gasteiger partial charge in [-0.3, -0.25) is 0 Å². The zero-order valence-electron chi connectivity index (χ0n) is 13.1. The maximum absolute atomic E-state index is 14.2. The Morgan fingerprint density at radius 1 is 0.720 bits per heavy atom. The monoisotopic (exact) mass is 332 g/mol. The van der Waals surface area contributed by atoms with Gasteiger partial charge in [0, 0.05) is 16.2 Å². The van der Waals surface area contributed by atoms with E-state index in [1.807, 2.05) is 30.3 Å². The molecule has 122 valence electrons. The minimum absolute atomic E-state index is 0.286. The second-order valence-electron chi connectivity index (χ2n) is 5.53. The van der Waals surface area contributed by atoms with Gasteiger partial charge >= 0.3 is 6.16 Å². The molecular formula is C21H13FO3.